The lowest BCUT2D eigenvalue weighted by atomic mass is 10.4. The summed E-state index contributed by atoms with van der Waals surface area (Å²) in [7, 11) is -3.07. The van der Waals surface area contributed by atoms with Crippen molar-refractivity contribution in [3.05, 3.63) is 22.6 Å². The Labute approximate surface area is 101 Å². The van der Waals surface area contributed by atoms with Gasteiger partial charge in [-0.3, -0.25) is 4.79 Å². The molecule has 17 heavy (non-hydrogen) atoms. The van der Waals surface area contributed by atoms with Crippen LogP contribution in [0.15, 0.2) is 17.1 Å². The summed E-state index contributed by atoms with van der Waals surface area (Å²) in [5.41, 5.74) is 0.349. The highest BCUT2D eigenvalue weighted by Crippen LogP contribution is 1.98. The first-order valence-corrected chi connectivity index (χ1v) is 7.32. The minimum atomic E-state index is -3.07. The van der Waals surface area contributed by atoms with Crippen molar-refractivity contribution in [1.82, 2.24) is 9.78 Å². The van der Waals surface area contributed by atoms with Crippen molar-refractivity contribution >= 4 is 15.5 Å². The van der Waals surface area contributed by atoms with Gasteiger partial charge in [-0.05, 0) is 6.92 Å². The zero-order valence-electron chi connectivity index (χ0n) is 10.0. The number of nitrogens with zero attached hydrogens (tertiary/aromatic N) is 2. The molecule has 1 aromatic heterocycles. The van der Waals surface area contributed by atoms with E-state index in [1.54, 1.807) is 6.92 Å². The molecule has 0 aliphatic rings. The Bertz CT molecular complexity index is 522. The molecule has 6 nitrogen and oxygen atoms in total. The zero-order valence-corrected chi connectivity index (χ0v) is 10.8. The number of nitrogens with one attached hydrogen (secondary N) is 1. The molecule has 7 heteroatoms. The molecule has 1 aromatic rings. The monoisotopic (exact) mass is 259 g/mol. The van der Waals surface area contributed by atoms with Gasteiger partial charge in [-0.1, -0.05) is 6.92 Å². The Morgan fingerprint density at radius 2 is 2.12 bits per heavy atom. The number of anilines is 1. The van der Waals surface area contributed by atoms with E-state index >= 15 is 0 Å². The first kappa shape index (κ1) is 13.7. The molecule has 0 spiro atoms. The van der Waals surface area contributed by atoms with Gasteiger partial charge in [0.2, 0.25) is 0 Å². The maximum absolute atomic E-state index is 11.6. The van der Waals surface area contributed by atoms with E-state index in [0.717, 1.165) is 4.68 Å². The predicted molar refractivity (Wildman–Crippen MR) is 67.0 cm³/mol. The molecule has 0 amide bonds. The van der Waals surface area contributed by atoms with E-state index in [9.17, 15) is 13.2 Å². The fourth-order valence-electron chi connectivity index (χ4n) is 1.27. The number of hydrogen-bond acceptors (Lipinski definition) is 5. The SMILES string of the molecule is CCNc1cnn(CCS(=O)(=O)CC)c(=O)c1. The van der Waals surface area contributed by atoms with Gasteiger partial charge in [-0.2, -0.15) is 5.10 Å². The smallest absolute Gasteiger partial charge is 0.268 e. The van der Waals surface area contributed by atoms with Crippen molar-refractivity contribution in [2.45, 2.75) is 20.4 Å². The van der Waals surface area contributed by atoms with Gasteiger partial charge < -0.3 is 5.32 Å². The average molecular weight is 259 g/mol. The minimum absolute atomic E-state index is 0.0586. The standard InChI is InChI=1S/C10H17N3O3S/c1-3-11-9-7-10(14)13(12-8-9)5-6-17(15,16)4-2/h7-8,11H,3-6H2,1-2H3. The fourth-order valence-corrected chi connectivity index (χ4v) is 2.01. The Balaban J connectivity index is 2.77. The molecule has 96 valence electrons. The third kappa shape index (κ3) is 4.18. The third-order valence-electron chi connectivity index (χ3n) is 2.30. The largest absolute Gasteiger partial charge is 0.384 e. The minimum Gasteiger partial charge on any atom is -0.384 e. The quantitative estimate of drug-likeness (QED) is 0.784. The van der Waals surface area contributed by atoms with Crippen molar-refractivity contribution in [3.63, 3.8) is 0 Å². The molecule has 0 bridgehead atoms. The lowest BCUT2D eigenvalue weighted by Crippen LogP contribution is -2.26. The van der Waals surface area contributed by atoms with E-state index in [1.165, 1.54) is 12.3 Å². The topological polar surface area (TPSA) is 81.1 Å². The first-order chi connectivity index (χ1) is 7.98. The van der Waals surface area contributed by atoms with Crippen LogP contribution in [-0.4, -0.2) is 36.2 Å². The molecule has 0 fully saturated rings. The second kappa shape index (κ2) is 5.81. The van der Waals surface area contributed by atoms with Crippen LogP contribution in [-0.2, 0) is 16.4 Å². The van der Waals surface area contributed by atoms with Gasteiger partial charge in [0.25, 0.3) is 5.56 Å². The van der Waals surface area contributed by atoms with Crippen molar-refractivity contribution in [2.24, 2.45) is 0 Å². The Kier molecular flexibility index (Phi) is 4.68. The summed E-state index contributed by atoms with van der Waals surface area (Å²) in [5.74, 6) is 0.0220. The van der Waals surface area contributed by atoms with Crippen LogP contribution in [0.1, 0.15) is 13.8 Å². The third-order valence-corrected chi connectivity index (χ3v) is 3.99. The van der Waals surface area contributed by atoms with Crippen LogP contribution in [0.5, 0.6) is 0 Å². The molecule has 0 radical (unpaired) electrons. The second-order valence-electron chi connectivity index (χ2n) is 3.57. The van der Waals surface area contributed by atoms with Gasteiger partial charge in [0, 0.05) is 18.4 Å². The summed E-state index contributed by atoms with van der Waals surface area (Å²) in [5, 5.41) is 6.88. The Morgan fingerprint density at radius 1 is 1.41 bits per heavy atom. The normalized spacial score (nSPS) is 11.4. The van der Waals surface area contributed by atoms with E-state index in [1.807, 2.05) is 6.92 Å². The van der Waals surface area contributed by atoms with Gasteiger partial charge in [0.15, 0.2) is 9.84 Å². The number of rotatable bonds is 6. The molecule has 0 aliphatic carbocycles. The van der Waals surface area contributed by atoms with Gasteiger partial charge in [-0.15, -0.1) is 0 Å². The van der Waals surface area contributed by atoms with Gasteiger partial charge in [0.05, 0.1) is 24.2 Å². The van der Waals surface area contributed by atoms with Crippen LogP contribution in [0, 0.1) is 0 Å². The van der Waals surface area contributed by atoms with E-state index in [4.69, 9.17) is 0 Å². The van der Waals surface area contributed by atoms with Crippen molar-refractivity contribution in [3.8, 4) is 0 Å². The van der Waals surface area contributed by atoms with E-state index in [2.05, 4.69) is 10.4 Å². The predicted octanol–water partition coefficient (Wildman–Crippen LogP) is 0.110. The molecule has 1 heterocycles. The van der Waals surface area contributed by atoms with Crippen LogP contribution < -0.4 is 10.9 Å². The summed E-state index contributed by atoms with van der Waals surface area (Å²) in [4.78, 5) is 11.6. The highest BCUT2D eigenvalue weighted by atomic mass is 32.2. The molecule has 1 N–H and O–H groups in total. The lowest BCUT2D eigenvalue weighted by Gasteiger charge is -2.06. The van der Waals surface area contributed by atoms with Crippen molar-refractivity contribution in [2.75, 3.05) is 23.4 Å². The van der Waals surface area contributed by atoms with Crippen LogP contribution in [0.2, 0.25) is 0 Å². The lowest BCUT2D eigenvalue weighted by molar-refractivity contribution is 0.572. The van der Waals surface area contributed by atoms with Gasteiger partial charge in [-0.25, -0.2) is 13.1 Å². The van der Waals surface area contributed by atoms with Gasteiger partial charge in [0.1, 0.15) is 0 Å². The second-order valence-corrected chi connectivity index (χ2v) is 6.05. The number of sulfone groups is 1. The summed E-state index contributed by atoms with van der Waals surface area (Å²) < 4.78 is 23.8. The molecule has 0 aromatic carbocycles. The summed E-state index contributed by atoms with van der Waals surface area (Å²) in [6.45, 7) is 4.30. The summed E-state index contributed by atoms with van der Waals surface area (Å²) in [6.07, 6.45) is 1.52. The van der Waals surface area contributed by atoms with Crippen LogP contribution >= 0.6 is 0 Å². The van der Waals surface area contributed by atoms with Crippen molar-refractivity contribution < 1.29 is 8.42 Å². The first-order valence-electron chi connectivity index (χ1n) is 5.50. The molecular formula is C10H17N3O3S. The average Bonchev–Trinajstić information content (AvgIpc) is 2.28. The Hall–Kier alpha value is -1.37. The molecule has 0 saturated carbocycles. The molecule has 0 aliphatic heterocycles. The highest BCUT2D eigenvalue weighted by Gasteiger charge is 2.08. The van der Waals surface area contributed by atoms with Crippen LogP contribution in [0.25, 0.3) is 0 Å². The van der Waals surface area contributed by atoms with Crippen LogP contribution in [0.3, 0.4) is 0 Å². The molecule has 0 unspecified atom stereocenters. The van der Waals surface area contributed by atoms with E-state index in [-0.39, 0.29) is 23.6 Å². The maximum atomic E-state index is 11.6. The number of aromatic nitrogens is 2. The van der Waals surface area contributed by atoms with E-state index < -0.39 is 9.84 Å². The summed E-state index contributed by atoms with van der Waals surface area (Å²) >= 11 is 0. The Morgan fingerprint density at radius 3 is 2.65 bits per heavy atom. The molecule has 1 rings (SSSR count). The van der Waals surface area contributed by atoms with Gasteiger partial charge >= 0.3 is 0 Å². The fraction of sp³-hybridized carbons (Fsp3) is 0.600. The number of hydrogen-bond donors (Lipinski definition) is 1. The maximum Gasteiger partial charge on any atom is 0.268 e. The highest BCUT2D eigenvalue weighted by molar-refractivity contribution is 7.91. The van der Waals surface area contributed by atoms with Crippen molar-refractivity contribution in [1.29, 1.82) is 0 Å². The van der Waals surface area contributed by atoms with Crippen LogP contribution in [0.4, 0.5) is 5.69 Å². The van der Waals surface area contributed by atoms with E-state index in [0.29, 0.717) is 12.2 Å². The molecular weight excluding hydrogens is 242 g/mol. The molecule has 0 atom stereocenters. The number of aryl methyl sites for hydroxylation is 1. The molecule has 0 saturated heterocycles. The summed E-state index contributed by atoms with van der Waals surface area (Å²) in [6, 6.07) is 1.41. The zero-order chi connectivity index (χ0) is 12.9.